The topological polar surface area (TPSA) is 118 Å². The van der Waals surface area contributed by atoms with Crippen molar-refractivity contribution in [3.63, 3.8) is 0 Å². The van der Waals surface area contributed by atoms with E-state index in [1.165, 1.54) is 16.4 Å². The van der Waals surface area contributed by atoms with Gasteiger partial charge in [0.1, 0.15) is 0 Å². The Morgan fingerprint density at radius 3 is 2.21 bits per heavy atom. The largest absolute Gasteiger partial charge is 0.481 e. The van der Waals surface area contributed by atoms with E-state index in [4.69, 9.17) is 10.8 Å². The number of sulfonamides is 1. The fraction of sp³-hybridized carbons (Fsp3) is 0.300. The highest BCUT2D eigenvalue weighted by atomic mass is 32.2. The quantitative estimate of drug-likeness (QED) is 0.810. The summed E-state index contributed by atoms with van der Waals surface area (Å²) in [5.74, 6) is -1.89. The molecule has 28 heavy (non-hydrogen) atoms. The van der Waals surface area contributed by atoms with Crippen LogP contribution in [0, 0.1) is 12.8 Å². The number of piperidine rings is 1. The Morgan fingerprint density at radius 2 is 1.68 bits per heavy atom. The summed E-state index contributed by atoms with van der Waals surface area (Å²) >= 11 is 0. The SMILES string of the molecule is Cc1ccccc1C(N)=O.O=C(O)C1CCCN(S(=O)(=O)c2ccccc2)C1. The van der Waals surface area contributed by atoms with Crippen molar-refractivity contribution in [2.45, 2.75) is 24.7 Å². The Balaban J connectivity index is 0.000000237. The molecule has 7 nitrogen and oxygen atoms in total. The predicted octanol–water partition coefficient (Wildman–Crippen LogP) is 2.27. The molecule has 2 aromatic rings. The standard InChI is InChI=1S/C12H15NO4S.C8H9NO/c14-12(15)10-5-4-8-13(9-10)18(16,17)11-6-2-1-3-7-11;1-6-4-2-3-5-7(6)8(9)10/h1-3,6-7,10H,4-5,8-9H2,(H,14,15);2-5H,1H3,(H2,9,10). The molecule has 1 aliphatic rings. The number of benzene rings is 2. The summed E-state index contributed by atoms with van der Waals surface area (Å²) < 4.78 is 25.8. The highest BCUT2D eigenvalue weighted by Crippen LogP contribution is 2.23. The number of hydrogen-bond acceptors (Lipinski definition) is 4. The van der Waals surface area contributed by atoms with E-state index in [9.17, 15) is 18.0 Å². The maximum absolute atomic E-state index is 12.3. The van der Waals surface area contributed by atoms with E-state index >= 15 is 0 Å². The number of amides is 1. The predicted molar refractivity (Wildman–Crippen MR) is 105 cm³/mol. The van der Waals surface area contributed by atoms with E-state index in [-0.39, 0.29) is 17.3 Å². The lowest BCUT2D eigenvalue weighted by Gasteiger charge is -2.29. The molecule has 1 unspecified atom stereocenters. The molecule has 1 heterocycles. The normalized spacial score (nSPS) is 17.2. The molecule has 0 radical (unpaired) electrons. The first kappa shape index (κ1) is 21.6. The Kier molecular flexibility index (Phi) is 7.31. The number of aryl methyl sites for hydroxylation is 1. The van der Waals surface area contributed by atoms with Gasteiger partial charge >= 0.3 is 5.97 Å². The molecule has 0 aliphatic carbocycles. The molecule has 0 saturated carbocycles. The van der Waals surface area contributed by atoms with Gasteiger partial charge in [-0.15, -0.1) is 0 Å². The molecule has 8 heteroatoms. The lowest BCUT2D eigenvalue weighted by molar-refractivity contribution is -0.142. The number of aliphatic carboxylic acids is 1. The molecular formula is C20H24N2O5S. The van der Waals surface area contributed by atoms with Crippen molar-refractivity contribution in [3.05, 3.63) is 65.7 Å². The van der Waals surface area contributed by atoms with Gasteiger partial charge in [0.15, 0.2) is 0 Å². The molecule has 1 aliphatic heterocycles. The van der Waals surface area contributed by atoms with Gasteiger partial charge < -0.3 is 10.8 Å². The summed E-state index contributed by atoms with van der Waals surface area (Å²) in [5.41, 5.74) is 6.60. The molecule has 1 atom stereocenters. The van der Waals surface area contributed by atoms with Crippen molar-refractivity contribution in [2.75, 3.05) is 13.1 Å². The number of rotatable bonds is 4. The summed E-state index contributed by atoms with van der Waals surface area (Å²) in [4.78, 5) is 21.8. The average molecular weight is 404 g/mol. The zero-order valence-electron chi connectivity index (χ0n) is 15.6. The minimum absolute atomic E-state index is 0.0621. The fourth-order valence-corrected chi connectivity index (χ4v) is 4.50. The van der Waals surface area contributed by atoms with Crippen LogP contribution in [0.2, 0.25) is 0 Å². The zero-order chi connectivity index (χ0) is 20.7. The Hall–Kier alpha value is -2.71. The summed E-state index contributed by atoms with van der Waals surface area (Å²) in [6.07, 6.45) is 1.12. The van der Waals surface area contributed by atoms with E-state index in [1.807, 2.05) is 19.1 Å². The van der Waals surface area contributed by atoms with Gasteiger partial charge in [-0.25, -0.2) is 8.42 Å². The third-order valence-corrected chi connectivity index (χ3v) is 6.40. The van der Waals surface area contributed by atoms with Crippen molar-refractivity contribution in [1.82, 2.24) is 4.31 Å². The van der Waals surface area contributed by atoms with Crippen molar-refractivity contribution < 1.29 is 23.1 Å². The van der Waals surface area contributed by atoms with Gasteiger partial charge in [-0.2, -0.15) is 4.31 Å². The third-order valence-electron chi connectivity index (χ3n) is 4.52. The van der Waals surface area contributed by atoms with Crippen LogP contribution in [0.4, 0.5) is 0 Å². The number of nitrogens with two attached hydrogens (primary N) is 1. The van der Waals surface area contributed by atoms with Crippen LogP contribution in [0.1, 0.15) is 28.8 Å². The number of hydrogen-bond donors (Lipinski definition) is 2. The van der Waals surface area contributed by atoms with Gasteiger partial charge in [0.2, 0.25) is 15.9 Å². The van der Waals surface area contributed by atoms with Crippen molar-refractivity contribution in [1.29, 1.82) is 0 Å². The first-order valence-corrected chi connectivity index (χ1v) is 10.3. The van der Waals surface area contributed by atoms with Crippen LogP contribution in [0.3, 0.4) is 0 Å². The van der Waals surface area contributed by atoms with Crippen LogP contribution >= 0.6 is 0 Å². The van der Waals surface area contributed by atoms with Gasteiger partial charge in [-0.05, 0) is 43.5 Å². The highest BCUT2D eigenvalue weighted by molar-refractivity contribution is 7.89. The second kappa shape index (κ2) is 9.48. The van der Waals surface area contributed by atoms with Crippen LogP contribution < -0.4 is 5.73 Å². The molecule has 1 saturated heterocycles. The molecular weight excluding hydrogens is 380 g/mol. The minimum atomic E-state index is -3.56. The van der Waals surface area contributed by atoms with Crippen LogP contribution in [0.5, 0.6) is 0 Å². The first-order chi connectivity index (χ1) is 13.2. The summed E-state index contributed by atoms with van der Waals surface area (Å²) in [7, 11) is -3.56. The van der Waals surface area contributed by atoms with E-state index in [1.54, 1.807) is 30.3 Å². The molecule has 2 aromatic carbocycles. The third kappa shape index (κ3) is 5.40. The number of carbonyl (C=O) groups is 2. The molecule has 0 bridgehead atoms. The van der Waals surface area contributed by atoms with Crippen LogP contribution in [0.15, 0.2) is 59.5 Å². The monoisotopic (exact) mass is 404 g/mol. The molecule has 3 rings (SSSR count). The summed E-state index contributed by atoms with van der Waals surface area (Å²) in [5, 5.41) is 8.97. The fourth-order valence-electron chi connectivity index (χ4n) is 2.95. The minimum Gasteiger partial charge on any atom is -0.481 e. The van der Waals surface area contributed by atoms with Crippen LogP contribution in [0.25, 0.3) is 0 Å². The maximum Gasteiger partial charge on any atom is 0.307 e. The zero-order valence-corrected chi connectivity index (χ0v) is 16.4. The second-order valence-corrected chi connectivity index (χ2v) is 8.47. The van der Waals surface area contributed by atoms with Gasteiger partial charge in [0, 0.05) is 18.7 Å². The Labute approximate surface area is 164 Å². The number of carboxylic acids is 1. The van der Waals surface area contributed by atoms with Gasteiger partial charge in [-0.3, -0.25) is 9.59 Å². The molecule has 1 fully saturated rings. The number of primary amides is 1. The maximum atomic E-state index is 12.3. The van der Waals surface area contributed by atoms with Gasteiger partial charge in [0.05, 0.1) is 10.8 Å². The lowest BCUT2D eigenvalue weighted by Crippen LogP contribution is -2.42. The van der Waals surface area contributed by atoms with Gasteiger partial charge in [0.25, 0.3) is 0 Å². The van der Waals surface area contributed by atoms with Gasteiger partial charge in [-0.1, -0.05) is 36.4 Å². The number of carbonyl (C=O) groups excluding carboxylic acids is 1. The van der Waals surface area contributed by atoms with Crippen LogP contribution in [-0.4, -0.2) is 42.8 Å². The van der Waals surface area contributed by atoms with E-state index in [0.717, 1.165) is 5.56 Å². The van der Waals surface area contributed by atoms with Crippen molar-refractivity contribution in [3.8, 4) is 0 Å². The molecule has 1 amide bonds. The first-order valence-electron chi connectivity index (χ1n) is 8.87. The highest BCUT2D eigenvalue weighted by Gasteiger charge is 2.32. The molecule has 3 N–H and O–H groups in total. The second-order valence-electron chi connectivity index (χ2n) is 6.53. The summed E-state index contributed by atoms with van der Waals surface area (Å²) in [6.45, 7) is 2.31. The molecule has 150 valence electrons. The molecule has 0 aromatic heterocycles. The number of nitrogens with zero attached hydrogens (tertiary/aromatic N) is 1. The van der Waals surface area contributed by atoms with Crippen molar-refractivity contribution >= 4 is 21.9 Å². The lowest BCUT2D eigenvalue weighted by atomic mass is 10.0. The summed E-state index contributed by atoms with van der Waals surface area (Å²) in [6, 6.07) is 15.4. The number of carboxylic acid groups (broad SMARTS) is 1. The van der Waals surface area contributed by atoms with Crippen molar-refractivity contribution in [2.24, 2.45) is 11.7 Å². The smallest absolute Gasteiger partial charge is 0.307 e. The van der Waals surface area contributed by atoms with E-state index < -0.39 is 21.9 Å². The molecule has 0 spiro atoms. The van der Waals surface area contributed by atoms with E-state index in [0.29, 0.717) is 24.9 Å². The van der Waals surface area contributed by atoms with E-state index in [2.05, 4.69) is 0 Å². The average Bonchev–Trinajstić information content (AvgIpc) is 2.69. The van der Waals surface area contributed by atoms with Crippen LogP contribution in [-0.2, 0) is 14.8 Å². The Bertz CT molecular complexity index is 929. The Morgan fingerprint density at radius 1 is 1.07 bits per heavy atom.